The topological polar surface area (TPSA) is 50.8 Å². The number of nitrogens with zero attached hydrogens (tertiary/aromatic N) is 1. The molecule has 0 saturated carbocycles. The molecule has 3 saturated heterocycles. The van der Waals surface area contributed by atoms with Crippen LogP contribution < -0.4 is 10.1 Å². The molecule has 2 aromatic rings. The van der Waals surface area contributed by atoms with Gasteiger partial charge in [0, 0.05) is 23.1 Å². The van der Waals surface area contributed by atoms with Gasteiger partial charge in [-0.15, -0.1) is 0 Å². The van der Waals surface area contributed by atoms with Crippen molar-refractivity contribution in [1.29, 1.82) is 0 Å². The van der Waals surface area contributed by atoms with Crippen LogP contribution in [0.2, 0.25) is 10.0 Å². The van der Waals surface area contributed by atoms with Crippen LogP contribution in [0.3, 0.4) is 0 Å². The SMILES string of the molecule is CC1(C)COc2cc(-c3cccc(Cl)c3Cl)ccc2C1NC(=O)O[C@@H]1CN2CCC1CC2. The molecule has 1 amide bonds. The van der Waals surface area contributed by atoms with Crippen LogP contribution in [0.25, 0.3) is 11.1 Å². The molecule has 4 aliphatic rings. The number of hydrogen-bond acceptors (Lipinski definition) is 4. The highest BCUT2D eigenvalue weighted by Gasteiger charge is 2.41. The maximum absolute atomic E-state index is 12.9. The highest BCUT2D eigenvalue weighted by Crippen LogP contribution is 2.45. The van der Waals surface area contributed by atoms with Crippen LogP contribution in [-0.2, 0) is 4.74 Å². The number of halogens is 2. The van der Waals surface area contributed by atoms with Gasteiger partial charge in [0.1, 0.15) is 11.9 Å². The standard InChI is InChI=1S/C25H28Cl2N2O3/c1-25(2)14-31-20-12-16(17-4-3-5-19(26)22(17)27)6-7-18(20)23(25)28-24(30)32-21-13-29-10-8-15(21)9-11-29/h3-7,12,15,21,23H,8-11,13-14H2,1-2H3,(H,28,30)/t21-,23?/m1/s1. The number of rotatable bonds is 3. The third kappa shape index (κ3) is 4.07. The van der Waals surface area contributed by atoms with E-state index in [-0.39, 0.29) is 23.7 Å². The summed E-state index contributed by atoms with van der Waals surface area (Å²) in [5, 5.41) is 4.17. The summed E-state index contributed by atoms with van der Waals surface area (Å²) in [4.78, 5) is 15.3. The summed E-state index contributed by atoms with van der Waals surface area (Å²) in [6, 6.07) is 11.3. The molecule has 6 rings (SSSR count). The van der Waals surface area contributed by atoms with E-state index in [4.69, 9.17) is 32.7 Å². The zero-order chi connectivity index (χ0) is 22.5. The Morgan fingerprint density at radius 3 is 2.69 bits per heavy atom. The zero-order valence-electron chi connectivity index (χ0n) is 18.4. The van der Waals surface area contributed by atoms with E-state index in [1.807, 2.05) is 30.3 Å². The Labute approximate surface area is 199 Å². The average Bonchev–Trinajstić information content (AvgIpc) is 2.78. The first kappa shape index (κ1) is 21.9. The van der Waals surface area contributed by atoms with Gasteiger partial charge in [-0.25, -0.2) is 4.79 Å². The number of hydrogen-bond donors (Lipinski definition) is 1. The number of fused-ring (bicyclic) bond motifs is 4. The molecule has 7 heteroatoms. The second-order valence-electron chi connectivity index (χ2n) is 9.79. The van der Waals surface area contributed by atoms with Crippen LogP contribution in [-0.4, -0.2) is 43.3 Å². The van der Waals surface area contributed by atoms with Crippen molar-refractivity contribution in [3.05, 3.63) is 52.0 Å². The molecular formula is C25H28Cl2N2O3. The molecule has 1 N–H and O–H groups in total. The fourth-order valence-electron chi connectivity index (χ4n) is 5.17. The summed E-state index contributed by atoms with van der Waals surface area (Å²) in [5.41, 5.74) is 2.43. The summed E-state index contributed by atoms with van der Waals surface area (Å²) >= 11 is 12.6. The third-order valence-electron chi connectivity index (χ3n) is 7.09. The molecule has 4 heterocycles. The zero-order valence-corrected chi connectivity index (χ0v) is 19.9. The molecule has 4 aliphatic heterocycles. The number of nitrogens with one attached hydrogen (secondary N) is 1. The van der Waals surface area contributed by atoms with Gasteiger partial charge < -0.3 is 14.8 Å². The Hall–Kier alpha value is -1.95. The molecule has 2 bridgehead atoms. The average molecular weight is 475 g/mol. The lowest BCUT2D eigenvalue weighted by atomic mass is 9.78. The van der Waals surface area contributed by atoms with E-state index in [9.17, 15) is 4.79 Å². The number of ether oxygens (including phenoxy) is 2. The van der Waals surface area contributed by atoms with Crippen LogP contribution in [0.1, 0.15) is 38.3 Å². The summed E-state index contributed by atoms with van der Waals surface area (Å²) < 4.78 is 12.0. The van der Waals surface area contributed by atoms with E-state index < -0.39 is 0 Å². The minimum atomic E-state index is -0.350. The molecule has 2 aromatic carbocycles. The van der Waals surface area contributed by atoms with E-state index in [0.29, 0.717) is 22.6 Å². The van der Waals surface area contributed by atoms with Gasteiger partial charge in [0.2, 0.25) is 0 Å². The van der Waals surface area contributed by atoms with Crippen molar-refractivity contribution in [2.75, 3.05) is 26.2 Å². The first-order valence-corrected chi connectivity index (χ1v) is 12.0. The summed E-state index contributed by atoms with van der Waals surface area (Å²) in [6.45, 7) is 7.75. The normalized spacial score (nSPS) is 27.9. The predicted octanol–water partition coefficient (Wildman–Crippen LogP) is 5.94. The van der Waals surface area contributed by atoms with Crippen molar-refractivity contribution < 1.29 is 14.3 Å². The Balaban J connectivity index is 1.37. The van der Waals surface area contributed by atoms with E-state index in [0.717, 1.165) is 54.9 Å². The largest absolute Gasteiger partial charge is 0.493 e. The number of piperidine rings is 3. The monoisotopic (exact) mass is 474 g/mol. The van der Waals surface area contributed by atoms with Gasteiger partial charge in [0.15, 0.2) is 0 Å². The van der Waals surface area contributed by atoms with Crippen molar-refractivity contribution >= 4 is 29.3 Å². The van der Waals surface area contributed by atoms with Crippen LogP contribution in [0, 0.1) is 11.3 Å². The van der Waals surface area contributed by atoms with Gasteiger partial charge in [-0.1, -0.05) is 61.3 Å². The molecule has 170 valence electrons. The maximum atomic E-state index is 12.9. The van der Waals surface area contributed by atoms with E-state index in [1.165, 1.54) is 0 Å². The van der Waals surface area contributed by atoms with Crippen molar-refractivity contribution in [3.63, 3.8) is 0 Å². The van der Waals surface area contributed by atoms with Crippen LogP contribution in [0.15, 0.2) is 36.4 Å². The first-order valence-electron chi connectivity index (χ1n) is 11.2. The third-order valence-corrected chi connectivity index (χ3v) is 7.90. The summed E-state index contributed by atoms with van der Waals surface area (Å²) in [5.74, 6) is 1.22. The van der Waals surface area contributed by atoms with Gasteiger partial charge in [-0.05, 0) is 49.5 Å². The second kappa shape index (κ2) is 8.44. The van der Waals surface area contributed by atoms with Gasteiger partial charge in [0.25, 0.3) is 0 Å². The highest BCUT2D eigenvalue weighted by atomic mass is 35.5. The molecule has 3 fully saturated rings. The second-order valence-corrected chi connectivity index (χ2v) is 10.6. The Kier molecular flexibility index (Phi) is 5.77. The molecule has 5 nitrogen and oxygen atoms in total. The number of amides is 1. The Bertz CT molecular complexity index is 1030. The maximum Gasteiger partial charge on any atom is 0.407 e. The van der Waals surface area contributed by atoms with Crippen LogP contribution in [0.4, 0.5) is 4.79 Å². The minimum absolute atomic E-state index is 0.0210. The lowest BCUT2D eigenvalue weighted by Gasteiger charge is -2.44. The first-order chi connectivity index (χ1) is 15.3. The Morgan fingerprint density at radius 2 is 1.97 bits per heavy atom. The summed E-state index contributed by atoms with van der Waals surface area (Å²) in [7, 11) is 0. The fourth-order valence-corrected chi connectivity index (χ4v) is 5.58. The van der Waals surface area contributed by atoms with E-state index >= 15 is 0 Å². The molecule has 1 unspecified atom stereocenters. The molecule has 2 atom stereocenters. The molecule has 0 aliphatic carbocycles. The molecule has 0 aromatic heterocycles. The van der Waals surface area contributed by atoms with Crippen molar-refractivity contribution in [1.82, 2.24) is 10.2 Å². The molecule has 0 radical (unpaired) electrons. The predicted molar refractivity (Wildman–Crippen MR) is 126 cm³/mol. The van der Waals surface area contributed by atoms with Gasteiger partial charge in [0.05, 0.1) is 22.7 Å². The van der Waals surface area contributed by atoms with Crippen molar-refractivity contribution in [2.24, 2.45) is 11.3 Å². The van der Waals surface area contributed by atoms with Gasteiger partial charge in [-0.3, -0.25) is 4.90 Å². The van der Waals surface area contributed by atoms with Crippen LogP contribution >= 0.6 is 23.2 Å². The number of carbonyl (C=O) groups excluding carboxylic acids is 1. The van der Waals surface area contributed by atoms with Crippen LogP contribution in [0.5, 0.6) is 5.75 Å². The van der Waals surface area contributed by atoms with Crippen molar-refractivity contribution in [3.8, 4) is 16.9 Å². The number of alkyl carbamates (subject to hydrolysis) is 1. The van der Waals surface area contributed by atoms with Gasteiger partial charge >= 0.3 is 6.09 Å². The van der Waals surface area contributed by atoms with E-state index in [2.05, 4.69) is 24.1 Å². The Morgan fingerprint density at radius 1 is 1.19 bits per heavy atom. The fraction of sp³-hybridized carbons (Fsp3) is 0.480. The van der Waals surface area contributed by atoms with E-state index in [1.54, 1.807) is 6.07 Å². The smallest absolute Gasteiger partial charge is 0.407 e. The molecule has 0 spiro atoms. The number of carbonyl (C=O) groups is 1. The quantitative estimate of drug-likeness (QED) is 0.597. The molecule has 32 heavy (non-hydrogen) atoms. The lowest BCUT2D eigenvalue weighted by Crippen LogP contribution is -2.53. The summed E-state index contributed by atoms with van der Waals surface area (Å²) in [6.07, 6.45) is 1.85. The highest BCUT2D eigenvalue weighted by molar-refractivity contribution is 6.43. The van der Waals surface area contributed by atoms with Crippen molar-refractivity contribution in [2.45, 2.75) is 38.8 Å². The molecular weight excluding hydrogens is 447 g/mol. The number of benzene rings is 2. The van der Waals surface area contributed by atoms with Gasteiger partial charge in [-0.2, -0.15) is 0 Å². The lowest BCUT2D eigenvalue weighted by molar-refractivity contribution is -0.0361. The minimum Gasteiger partial charge on any atom is -0.493 e.